The molecular formula is C23H39NO6. The second-order valence-electron chi connectivity index (χ2n) is 9.28. The average molecular weight is 426 g/mol. The van der Waals surface area contributed by atoms with Crippen molar-refractivity contribution in [3.8, 4) is 0 Å². The Balaban J connectivity index is 1.63. The number of allylic oxidation sites excluding steroid dienone is 1. The fourth-order valence-corrected chi connectivity index (χ4v) is 5.17. The highest BCUT2D eigenvalue weighted by molar-refractivity contribution is 5.68. The molecule has 0 radical (unpaired) electrons. The first-order valence-electron chi connectivity index (χ1n) is 11.3. The SMILES string of the molecule is COC[C@@H]1CCCN1C(=O)OC1CC[C@]2(CO2)C(C(C)COCC=C(C)C)C1OC. The van der Waals surface area contributed by atoms with E-state index in [9.17, 15) is 4.79 Å². The zero-order chi connectivity index (χ0) is 21.7. The summed E-state index contributed by atoms with van der Waals surface area (Å²) in [5.74, 6) is 0.367. The Bertz CT molecular complexity index is 601. The van der Waals surface area contributed by atoms with Crippen LogP contribution in [0.5, 0.6) is 0 Å². The summed E-state index contributed by atoms with van der Waals surface area (Å²) < 4.78 is 29.0. The maximum Gasteiger partial charge on any atom is 0.410 e. The van der Waals surface area contributed by atoms with E-state index >= 15 is 0 Å². The summed E-state index contributed by atoms with van der Waals surface area (Å²) in [5.41, 5.74) is 1.09. The predicted octanol–water partition coefficient (Wildman–Crippen LogP) is 3.42. The van der Waals surface area contributed by atoms with Crippen LogP contribution in [0.3, 0.4) is 0 Å². The van der Waals surface area contributed by atoms with Gasteiger partial charge >= 0.3 is 6.09 Å². The third-order valence-corrected chi connectivity index (χ3v) is 6.79. The van der Waals surface area contributed by atoms with Gasteiger partial charge in [-0.3, -0.25) is 0 Å². The second kappa shape index (κ2) is 10.4. The molecule has 2 saturated heterocycles. The fourth-order valence-electron chi connectivity index (χ4n) is 5.17. The maximum absolute atomic E-state index is 12.9. The van der Waals surface area contributed by atoms with Crippen molar-refractivity contribution >= 4 is 6.09 Å². The summed E-state index contributed by atoms with van der Waals surface area (Å²) in [6.07, 6.45) is 4.95. The summed E-state index contributed by atoms with van der Waals surface area (Å²) in [6, 6.07) is 0.100. The number of epoxide rings is 1. The molecule has 0 aromatic carbocycles. The Morgan fingerprint density at radius 3 is 2.70 bits per heavy atom. The lowest BCUT2D eigenvalue weighted by molar-refractivity contribution is -0.124. The van der Waals surface area contributed by atoms with Crippen LogP contribution in [-0.2, 0) is 23.7 Å². The van der Waals surface area contributed by atoms with Crippen molar-refractivity contribution in [2.45, 2.75) is 70.3 Å². The van der Waals surface area contributed by atoms with E-state index < -0.39 is 0 Å². The van der Waals surface area contributed by atoms with Gasteiger partial charge in [0, 0.05) is 26.7 Å². The number of hydrogen-bond donors (Lipinski definition) is 0. The van der Waals surface area contributed by atoms with E-state index in [4.69, 9.17) is 23.7 Å². The number of nitrogens with zero attached hydrogens (tertiary/aromatic N) is 1. The number of likely N-dealkylation sites (tertiary alicyclic amines) is 1. The summed E-state index contributed by atoms with van der Waals surface area (Å²) in [4.78, 5) is 14.7. The monoisotopic (exact) mass is 425 g/mol. The van der Waals surface area contributed by atoms with E-state index in [1.165, 1.54) is 5.57 Å². The van der Waals surface area contributed by atoms with Crippen molar-refractivity contribution in [1.82, 2.24) is 4.90 Å². The fraction of sp³-hybridized carbons (Fsp3) is 0.870. The Kier molecular flexibility index (Phi) is 8.18. The van der Waals surface area contributed by atoms with Gasteiger partial charge in [-0.2, -0.15) is 0 Å². The minimum Gasteiger partial charge on any atom is -0.443 e. The Morgan fingerprint density at radius 1 is 1.30 bits per heavy atom. The molecule has 1 spiro atoms. The molecule has 172 valence electrons. The van der Waals surface area contributed by atoms with E-state index in [0.717, 1.165) is 38.8 Å². The van der Waals surface area contributed by atoms with Crippen molar-refractivity contribution in [2.24, 2.45) is 11.8 Å². The molecule has 2 heterocycles. The number of ether oxygens (including phenoxy) is 5. The molecule has 0 N–H and O–H groups in total. The van der Waals surface area contributed by atoms with Crippen LogP contribution < -0.4 is 0 Å². The summed E-state index contributed by atoms with van der Waals surface area (Å²) in [7, 11) is 3.38. The summed E-state index contributed by atoms with van der Waals surface area (Å²) in [6.45, 7) is 9.58. The van der Waals surface area contributed by atoms with E-state index in [2.05, 4.69) is 26.8 Å². The lowest BCUT2D eigenvalue weighted by Crippen LogP contribution is -2.54. The second-order valence-corrected chi connectivity index (χ2v) is 9.28. The largest absolute Gasteiger partial charge is 0.443 e. The van der Waals surface area contributed by atoms with Gasteiger partial charge in [-0.25, -0.2) is 4.79 Å². The Labute approximate surface area is 181 Å². The first kappa shape index (κ1) is 23.5. The zero-order valence-corrected chi connectivity index (χ0v) is 19.2. The average Bonchev–Trinajstić information content (AvgIpc) is 3.32. The molecule has 7 nitrogen and oxygen atoms in total. The van der Waals surface area contributed by atoms with Crippen LogP contribution in [0.4, 0.5) is 4.79 Å². The van der Waals surface area contributed by atoms with Gasteiger partial charge in [0.25, 0.3) is 0 Å². The molecule has 0 aromatic heterocycles. The Hall–Kier alpha value is -1.15. The number of carbonyl (C=O) groups excluding carboxylic acids is 1. The summed E-state index contributed by atoms with van der Waals surface area (Å²) in [5, 5.41) is 0. The quantitative estimate of drug-likeness (QED) is 0.320. The first-order valence-corrected chi connectivity index (χ1v) is 11.3. The van der Waals surface area contributed by atoms with Gasteiger partial charge in [0.2, 0.25) is 0 Å². The first-order chi connectivity index (χ1) is 14.4. The number of methoxy groups -OCH3 is 2. The van der Waals surface area contributed by atoms with E-state index in [1.807, 2.05) is 4.90 Å². The highest BCUT2D eigenvalue weighted by Gasteiger charge is 2.61. The maximum atomic E-state index is 12.9. The third-order valence-electron chi connectivity index (χ3n) is 6.79. The van der Waals surface area contributed by atoms with Crippen LogP contribution in [0.1, 0.15) is 46.5 Å². The van der Waals surface area contributed by atoms with E-state index in [0.29, 0.717) is 19.8 Å². The van der Waals surface area contributed by atoms with E-state index in [1.54, 1.807) is 14.2 Å². The molecule has 4 unspecified atom stereocenters. The number of amides is 1. The van der Waals surface area contributed by atoms with Gasteiger partial charge in [0.1, 0.15) is 12.2 Å². The van der Waals surface area contributed by atoms with Crippen molar-refractivity contribution < 1.29 is 28.5 Å². The molecule has 3 fully saturated rings. The number of rotatable bonds is 9. The van der Waals surface area contributed by atoms with Gasteiger partial charge in [-0.15, -0.1) is 0 Å². The molecule has 2 aliphatic heterocycles. The number of carbonyl (C=O) groups is 1. The molecular weight excluding hydrogens is 386 g/mol. The van der Waals surface area contributed by atoms with Gasteiger partial charge in [-0.05, 0) is 45.4 Å². The normalized spacial score (nSPS) is 34.1. The van der Waals surface area contributed by atoms with Gasteiger partial charge < -0.3 is 28.6 Å². The topological polar surface area (TPSA) is 69.8 Å². The highest BCUT2D eigenvalue weighted by Crippen LogP contribution is 2.51. The van der Waals surface area contributed by atoms with Crippen molar-refractivity contribution in [3.05, 3.63) is 11.6 Å². The third kappa shape index (κ3) is 5.36. The smallest absolute Gasteiger partial charge is 0.410 e. The standard InChI is InChI=1S/C23H39NO6/c1-16(2)9-12-28-13-17(3)20-21(27-5)19(8-10-23(20)15-29-23)30-22(25)24-11-6-7-18(24)14-26-4/h9,17-21H,6-8,10-15H2,1-5H3/t17?,18-,19?,20?,21?,23-/m0/s1. The lowest BCUT2D eigenvalue weighted by atomic mass is 9.70. The zero-order valence-electron chi connectivity index (χ0n) is 19.2. The minimum atomic E-state index is -0.272. The van der Waals surface area contributed by atoms with Crippen LogP contribution in [0.25, 0.3) is 0 Å². The highest BCUT2D eigenvalue weighted by atomic mass is 16.6. The number of hydrogen-bond acceptors (Lipinski definition) is 6. The molecule has 1 amide bonds. The minimum absolute atomic E-state index is 0.100. The molecule has 3 aliphatic rings. The molecule has 0 bridgehead atoms. The lowest BCUT2D eigenvalue weighted by Gasteiger charge is -2.43. The summed E-state index contributed by atoms with van der Waals surface area (Å²) >= 11 is 0. The van der Waals surface area contributed by atoms with Gasteiger partial charge in [0.15, 0.2) is 0 Å². The molecule has 30 heavy (non-hydrogen) atoms. The van der Waals surface area contributed by atoms with Crippen LogP contribution in [0.2, 0.25) is 0 Å². The van der Waals surface area contributed by atoms with Crippen LogP contribution in [-0.4, -0.2) is 82.0 Å². The van der Waals surface area contributed by atoms with Crippen LogP contribution in [0.15, 0.2) is 11.6 Å². The van der Waals surface area contributed by atoms with Crippen molar-refractivity contribution in [1.29, 1.82) is 0 Å². The van der Waals surface area contributed by atoms with Crippen molar-refractivity contribution in [2.75, 3.05) is 47.2 Å². The molecule has 6 atom stereocenters. The van der Waals surface area contributed by atoms with Crippen LogP contribution >= 0.6 is 0 Å². The molecule has 0 aromatic rings. The van der Waals surface area contributed by atoms with E-state index in [-0.39, 0.29) is 41.8 Å². The van der Waals surface area contributed by atoms with Gasteiger partial charge in [-0.1, -0.05) is 18.6 Å². The molecule has 3 rings (SSSR count). The van der Waals surface area contributed by atoms with Crippen LogP contribution in [0, 0.1) is 11.8 Å². The van der Waals surface area contributed by atoms with Gasteiger partial charge in [0.05, 0.1) is 38.1 Å². The molecule has 7 heteroatoms. The molecule has 1 aliphatic carbocycles. The Morgan fingerprint density at radius 2 is 2.07 bits per heavy atom. The predicted molar refractivity (Wildman–Crippen MR) is 113 cm³/mol. The van der Waals surface area contributed by atoms with Crippen molar-refractivity contribution in [3.63, 3.8) is 0 Å². The molecule has 1 saturated carbocycles.